The molecule has 0 spiro atoms. The molecule has 0 fully saturated rings. The Morgan fingerprint density at radius 2 is 1.97 bits per heavy atom. The Morgan fingerprint density at radius 3 is 2.59 bits per heavy atom. The van der Waals surface area contributed by atoms with Crippen LogP contribution in [-0.2, 0) is 11.2 Å². The first-order chi connectivity index (χ1) is 15.5. The second-order valence-electron chi connectivity index (χ2n) is 8.24. The number of imidazole rings is 1. The molecule has 0 radical (unpaired) electrons. The standard InChI is InChI=1S/C25H33N3O3S/c1-4-7-9-18(15-24(29)30)26-25(31)17-11-12-22-21(14-17)27-23(16-20-10-8-13-32-20)28(22)19(5-2)6-3/h8,10-14,18-19H,4-7,9,15-16H2,1-3H3,(H,26,31)(H,29,30)/t18-/m0/s1. The summed E-state index contributed by atoms with van der Waals surface area (Å²) in [6.45, 7) is 6.43. The van der Waals surface area contributed by atoms with Crippen LogP contribution < -0.4 is 5.32 Å². The Morgan fingerprint density at radius 1 is 1.19 bits per heavy atom. The summed E-state index contributed by atoms with van der Waals surface area (Å²) in [4.78, 5) is 30.3. The molecule has 6 nitrogen and oxygen atoms in total. The third kappa shape index (κ3) is 5.76. The van der Waals surface area contributed by atoms with Gasteiger partial charge in [0.05, 0.1) is 17.5 Å². The van der Waals surface area contributed by atoms with Crippen LogP contribution in [0.15, 0.2) is 35.7 Å². The third-order valence-electron chi connectivity index (χ3n) is 5.91. The number of nitrogens with zero attached hydrogens (tertiary/aromatic N) is 2. The van der Waals surface area contributed by atoms with Gasteiger partial charge < -0.3 is 15.0 Å². The fraction of sp³-hybridized carbons (Fsp3) is 0.480. The molecule has 0 unspecified atom stereocenters. The molecule has 0 aliphatic heterocycles. The Bertz CT molecular complexity index is 1040. The van der Waals surface area contributed by atoms with Gasteiger partial charge in [-0.05, 0) is 48.9 Å². The molecular weight excluding hydrogens is 422 g/mol. The van der Waals surface area contributed by atoms with E-state index in [1.54, 1.807) is 11.3 Å². The fourth-order valence-electron chi connectivity index (χ4n) is 4.20. The molecule has 32 heavy (non-hydrogen) atoms. The molecule has 1 aromatic carbocycles. The lowest BCUT2D eigenvalue weighted by Crippen LogP contribution is -2.36. The molecule has 0 saturated carbocycles. The normalized spacial score (nSPS) is 12.4. The first-order valence-corrected chi connectivity index (χ1v) is 12.4. The van der Waals surface area contributed by atoms with Crippen molar-refractivity contribution in [3.8, 4) is 0 Å². The van der Waals surface area contributed by atoms with Crippen molar-refractivity contribution in [2.45, 2.75) is 77.8 Å². The van der Waals surface area contributed by atoms with Gasteiger partial charge in [0.2, 0.25) is 0 Å². The van der Waals surface area contributed by atoms with Crippen molar-refractivity contribution in [3.63, 3.8) is 0 Å². The van der Waals surface area contributed by atoms with Gasteiger partial charge in [-0.1, -0.05) is 39.7 Å². The zero-order valence-corrected chi connectivity index (χ0v) is 20.0. The van der Waals surface area contributed by atoms with Crippen molar-refractivity contribution in [2.75, 3.05) is 0 Å². The molecule has 1 atom stereocenters. The summed E-state index contributed by atoms with van der Waals surface area (Å²) in [6, 6.07) is 9.80. The van der Waals surface area contributed by atoms with Gasteiger partial charge in [0.15, 0.2) is 0 Å². The van der Waals surface area contributed by atoms with Crippen molar-refractivity contribution in [2.24, 2.45) is 0 Å². The zero-order valence-electron chi connectivity index (χ0n) is 19.1. The van der Waals surface area contributed by atoms with Gasteiger partial charge in [0.1, 0.15) is 5.82 Å². The monoisotopic (exact) mass is 455 g/mol. The second kappa shape index (κ2) is 11.3. The van der Waals surface area contributed by atoms with E-state index in [0.29, 0.717) is 18.0 Å². The van der Waals surface area contributed by atoms with Crippen molar-refractivity contribution in [3.05, 3.63) is 52.0 Å². The summed E-state index contributed by atoms with van der Waals surface area (Å²) in [6.07, 6.45) is 5.21. The van der Waals surface area contributed by atoms with Crippen molar-refractivity contribution >= 4 is 34.2 Å². The Kier molecular flexibility index (Phi) is 8.45. The molecule has 0 saturated heterocycles. The van der Waals surface area contributed by atoms with Gasteiger partial charge in [-0.2, -0.15) is 0 Å². The molecular formula is C25H33N3O3S. The molecule has 3 rings (SSSR count). The van der Waals surface area contributed by atoms with E-state index < -0.39 is 5.97 Å². The van der Waals surface area contributed by atoms with Gasteiger partial charge in [0.25, 0.3) is 5.91 Å². The highest BCUT2D eigenvalue weighted by Crippen LogP contribution is 2.28. The SMILES string of the molecule is CCCC[C@@H](CC(=O)O)NC(=O)c1ccc2c(c1)nc(Cc1cccs1)n2C(CC)CC. The Balaban J connectivity index is 1.91. The first-order valence-electron chi connectivity index (χ1n) is 11.5. The van der Waals surface area contributed by atoms with Crippen LogP contribution in [0.4, 0.5) is 0 Å². The van der Waals surface area contributed by atoms with E-state index in [1.807, 2.05) is 18.2 Å². The van der Waals surface area contributed by atoms with Gasteiger partial charge in [-0.25, -0.2) is 4.98 Å². The highest BCUT2D eigenvalue weighted by Gasteiger charge is 2.20. The van der Waals surface area contributed by atoms with Gasteiger partial charge in [0, 0.05) is 28.9 Å². The molecule has 0 bridgehead atoms. The molecule has 3 aromatic rings. The average Bonchev–Trinajstić information content (AvgIpc) is 3.40. The highest BCUT2D eigenvalue weighted by atomic mass is 32.1. The van der Waals surface area contributed by atoms with Gasteiger partial charge in [-0.3, -0.25) is 9.59 Å². The maximum absolute atomic E-state index is 12.9. The number of unbranched alkanes of at least 4 members (excludes halogenated alkanes) is 1. The summed E-state index contributed by atoms with van der Waals surface area (Å²) < 4.78 is 2.32. The average molecular weight is 456 g/mol. The predicted octanol–water partition coefficient (Wildman–Crippen LogP) is 5.81. The lowest BCUT2D eigenvalue weighted by Gasteiger charge is -2.19. The van der Waals surface area contributed by atoms with E-state index in [4.69, 9.17) is 4.98 Å². The number of fused-ring (bicyclic) bond motifs is 1. The highest BCUT2D eigenvalue weighted by molar-refractivity contribution is 7.09. The van der Waals surface area contributed by atoms with E-state index in [2.05, 4.69) is 48.2 Å². The first kappa shape index (κ1) is 24.0. The van der Waals surface area contributed by atoms with E-state index in [-0.39, 0.29) is 18.4 Å². The van der Waals surface area contributed by atoms with E-state index in [0.717, 1.165) is 49.0 Å². The number of carboxylic acids is 1. The number of hydrogen-bond acceptors (Lipinski definition) is 4. The van der Waals surface area contributed by atoms with E-state index in [9.17, 15) is 14.7 Å². The van der Waals surface area contributed by atoms with Crippen LogP contribution in [0.1, 0.15) is 86.4 Å². The maximum atomic E-state index is 12.9. The number of nitrogens with one attached hydrogen (secondary N) is 1. The topological polar surface area (TPSA) is 84.2 Å². The number of carbonyl (C=O) groups excluding carboxylic acids is 1. The Hall–Kier alpha value is -2.67. The van der Waals surface area contributed by atoms with Crippen LogP contribution in [0.5, 0.6) is 0 Å². The number of thiophene rings is 1. The summed E-state index contributed by atoms with van der Waals surface area (Å²) in [5, 5.41) is 14.2. The third-order valence-corrected chi connectivity index (χ3v) is 6.78. The van der Waals surface area contributed by atoms with Gasteiger partial charge in [-0.15, -0.1) is 11.3 Å². The number of hydrogen-bond donors (Lipinski definition) is 2. The summed E-state index contributed by atoms with van der Waals surface area (Å²) in [5.74, 6) is -0.129. The molecule has 0 aliphatic rings. The Labute approximate surface area is 193 Å². The summed E-state index contributed by atoms with van der Waals surface area (Å²) in [5.41, 5.74) is 2.36. The van der Waals surface area contributed by atoms with Crippen LogP contribution in [0.2, 0.25) is 0 Å². The van der Waals surface area contributed by atoms with Crippen LogP contribution in [0.25, 0.3) is 11.0 Å². The van der Waals surface area contributed by atoms with Crippen LogP contribution in [-0.4, -0.2) is 32.6 Å². The number of carboxylic acid groups (broad SMARTS) is 1. The van der Waals surface area contributed by atoms with Crippen molar-refractivity contribution in [1.29, 1.82) is 0 Å². The predicted molar refractivity (Wildman–Crippen MR) is 130 cm³/mol. The van der Waals surface area contributed by atoms with E-state index in [1.165, 1.54) is 4.88 Å². The number of aliphatic carboxylic acids is 1. The lowest BCUT2D eigenvalue weighted by atomic mass is 10.1. The zero-order chi connectivity index (χ0) is 23.1. The largest absolute Gasteiger partial charge is 0.481 e. The van der Waals surface area contributed by atoms with E-state index >= 15 is 0 Å². The number of carbonyl (C=O) groups is 2. The number of benzene rings is 1. The maximum Gasteiger partial charge on any atom is 0.305 e. The molecule has 1 amide bonds. The number of amides is 1. The molecule has 172 valence electrons. The van der Waals surface area contributed by atoms with Crippen LogP contribution in [0.3, 0.4) is 0 Å². The van der Waals surface area contributed by atoms with Crippen LogP contribution in [0, 0.1) is 0 Å². The molecule has 7 heteroatoms. The smallest absolute Gasteiger partial charge is 0.305 e. The van der Waals surface area contributed by atoms with Gasteiger partial charge >= 0.3 is 5.97 Å². The minimum absolute atomic E-state index is 0.0672. The summed E-state index contributed by atoms with van der Waals surface area (Å²) in [7, 11) is 0. The minimum Gasteiger partial charge on any atom is -0.481 e. The molecule has 2 N–H and O–H groups in total. The molecule has 2 aromatic heterocycles. The number of rotatable bonds is 12. The molecule has 2 heterocycles. The number of aromatic nitrogens is 2. The van der Waals surface area contributed by atoms with Crippen LogP contribution >= 0.6 is 11.3 Å². The minimum atomic E-state index is -0.899. The van der Waals surface area contributed by atoms with Crippen molar-refractivity contribution in [1.82, 2.24) is 14.9 Å². The second-order valence-corrected chi connectivity index (χ2v) is 9.27. The summed E-state index contributed by atoms with van der Waals surface area (Å²) >= 11 is 1.72. The fourth-order valence-corrected chi connectivity index (χ4v) is 4.90. The quantitative estimate of drug-likeness (QED) is 0.361. The molecule has 0 aliphatic carbocycles. The van der Waals surface area contributed by atoms with Crippen molar-refractivity contribution < 1.29 is 14.7 Å². The lowest BCUT2D eigenvalue weighted by molar-refractivity contribution is -0.137.